The van der Waals surface area contributed by atoms with Crippen LogP contribution < -0.4 is 38.1 Å². The summed E-state index contributed by atoms with van der Waals surface area (Å²) in [7, 11) is 0. The number of rotatable bonds is 2. The second-order valence-electron chi connectivity index (χ2n) is 0.875. The fraction of sp³-hybridized carbons (Fsp3) is 0. The van der Waals surface area contributed by atoms with E-state index in [0.717, 1.165) is 0 Å². The Labute approximate surface area is 81.9 Å². The Morgan fingerprint density at radius 1 is 1.10 bits per heavy atom. The second kappa shape index (κ2) is 4.32. The minimum atomic E-state index is -4.82. The molecule has 0 unspecified atom stereocenters. The maximum atomic E-state index is 9.66. The van der Waals surface area contributed by atoms with E-state index in [1.807, 2.05) is 0 Å². The molecule has 0 aromatic heterocycles. The zero-order valence-electron chi connectivity index (χ0n) is 5.00. The Bertz CT molecular complexity index is 139. The van der Waals surface area contributed by atoms with E-state index in [4.69, 9.17) is 0 Å². The smallest absolute Gasteiger partial charge is 1.00 e. The Morgan fingerprint density at radius 3 is 1.30 bits per heavy atom. The SMILES string of the molecule is [NH2][Pt]([NH2])([N+](=O)[O-])[N+](=O)[O-].[Na+]. The van der Waals surface area contributed by atoms with Crippen LogP contribution in [0.25, 0.3) is 0 Å². The number of nitro groups is 2. The van der Waals surface area contributed by atoms with Gasteiger partial charge in [0.05, 0.1) is 0 Å². The number of hydrogen-bond acceptors (Lipinski definition) is 6. The van der Waals surface area contributed by atoms with Crippen LogP contribution in [0.5, 0.6) is 0 Å². The Balaban J connectivity index is 0. The van der Waals surface area contributed by atoms with Crippen molar-refractivity contribution in [2.45, 2.75) is 0 Å². The minimum Gasteiger partial charge on any atom is 1.00 e. The van der Waals surface area contributed by atoms with Crippen LogP contribution in [-0.4, -0.2) is 6.96 Å². The van der Waals surface area contributed by atoms with E-state index in [1.54, 1.807) is 0 Å². The summed E-state index contributed by atoms with van der Waals surface area (Å²) in [5.74, 6) is 0. The van der Waals surface area contributed by atoms with E-state index >= 15 is 0 Å². The molecule has 10 heteroatoms. The molecular formula is H4N4NaO4Pt+. The summed E-state index contributed by atoms with van der Waals surface area (Å²) < 4.78 is 6.72. The summed E-state index contributed by atoms with van der Waals surface area (Å²) in [6, 6.07) is 0. The monoisotopic (exact) mass is 342 g/mol. The number of nitrogens with two attached hydrogens (primary N) is 2. The molecule has 0 aliphatic carbocycles. The first-order chi connectivity index (χ1) is 3.89. The molecular weight excluding hydrogens is 338 g/mol. The molecule has 0 rings (SSSR count). The third-order valence-electron chi connectivity index (χ3n) is 0.370. The van der Waals surface area contributed by atoms with Crippen molar-refractivity contribution in [3.05, 3.63) is 20.2 Å². The molecule has 0 aromatic rings. The largest absolute Gasteiger partial charge is 1.00 e. The minimum absolute atomic E-state index is 0. The van der Waals surface area contributed by atoms with Gasteiger partial charge in [0.1, 0.15) is 0 Å². The van der Waals surface area contributed by atoms with Crippen LogP contribution in [0.3, 0.4) is 0 Å². The van der Waals surface area contributed by atoms with E-state index in [-0.39, 0.29) is 29.6 Å². The van der Waals surface area contributed by atoms with Crippen molar-refractivity contribution in [3.8, 4) is 0 Å². The molecule has 0 fully saturated rings. The van der Waals surface area contributed by atoms with Crippen LogP contribution in [0, 0.1) is 20.2 Å². The molecule has 0 saturated carbocycles. The predicted octanol–water partition coefficient (Wildman–Crippen LogP) is -4.72. The first-order valence-corrected chi connectivity index (χ1v) is 6.03. The van der Waals surface area contributed by atoms with Gasteiger partial charge in [0.2, 0.25) is 0 Å². The summed E-state index contributed by atoms with van der Waals surface area (Å²) in [6.45, 7) is 0. The van der Waals surface area contributed by atoms with Crippen LogP contribution in [0.2, 0.25) is 0 Å². The van der Waals surface area contributed by atoms with Crippen molar-refractivity contribution in [2.24, 2.45) is 8.58 Å². The molecule has 0 amide bonds. The van der Waals surface area contributed by atoms with Gasteiger partial charge in [-0.05, 0) is 0 Å². The molecule has 0 aliphatic heterocycles. The van der Waals surface area contributed by atoms with Crippen molar-refractivity contribution >= 4 is 0 Å². The van der Waals surface area contributed by atoms with Gasteiger partial charge in [-0.2, -0.15) is 0 Å². The molecule has 4 N–H and O–H groups in total. The van der Waals surface area contributed by atoms with E-state index in [9.17, 15) is 20.2 Å². The molecule has 0 saturated heterocycles. The fourth-order valence-electron chi connectivity index (χ4n) is 0.0422. The summed E-state index contributed by atoms with van der Waals surface area (Å²) >= 11 is -4.82. The molecule has 0 atom stereocenters. The van der Waals surface area contributed by atoms with Crippen LogP contribution in [-0.2, 0) is 17.1 Å². The molecule has 8 nitrogen and oxygen atoms in total. The van der Waals surface area contributed by atoms with Crippen molar-refractivity contribution in [1.29, 1.82) is 0 Å². The second-order valence-corrected chi connectivity index (χ2v) is 6.09. The molecule has 0 bridgehead atoms. The predicted molar refractivity (Wildman–Crippen MR) is 22.4 cm³/mol. The summed E-state index contributed by atoms with van der Waals surface area (Å²) in [6.07, 6.45) is 0. The third-order valence-corrected chi connectivity index (χ3v) is 3.03. The van der Waals surface area contributed by atoms with Crippen LogP contribution in [0.15, 0.2) is 0 Å². The maximum absolute atomic E-state index is 9.66. The van der Waals surface area contributed by atoms with Crippen LogP contribution in [0.4, 0.5) is 0 Å². The molecule has 0 radical (unpaired) electrons. The molecule has 0 aromatic carbocycles. The van der Waals surface area contributed by atoms with Crippen molar-refractivity contribution in [3.63, 3.8) is 0 Å². The van der Waals surface area contributed by atoms with Gasteiger partial charge in [-0.1, -0.05) is 0 Å². The Kier molecular flexibility index (Phi) is 5.63. The molecule has 10 heavy (non-hydrogen) atoms. The standard InChI is InChI=1S/2NO2.2H2N.Na.Pt/c2*2-1-3;;;;/h;;2*1H2;;/q;;2*-1;+1;+2. The normalized spacial score (nSPS) is 11.4. The van der Waals surface area contributed by atoms with E-state index in [1.165, 1.54) is 0 Å². The summed E-state index contributed by atoms with van der Waals surface area (Å²) in [4.78, 5) is 19.3. The van der Waals surface area contributed by atoms with Gasteiger partial charge in [0.25, 0.3) is 0 Å². The van der Waals surface area contributed by atoms with E-state index < -0.39 is 24.0 Å². The zero-order valence-corrected chi connectivity index (χ0v) is 9.27. The van der Waals surface area contributed by atoms with Gasteiger partial charge in [0, 0.05) is 0 Å². The third kappa shape index (κ3) is 3.00. The van der Waals surface area contributed by atoms with Crippen molar-refractivity contribution in [2.75, 3.05) is 0 Å². The molecule has 0 aliphatic rings. The van der Waals surface area contributed by atoms with Crippen LogP contribution in [0.1, 0.15) is 0 Å². The molecule has 58 valence electrons. The van der Waals surface area contributed by atoms with Crippen molar-refractivity contribution in [1.82, 2.24) is 0 Å². The molecule has 0 heterocycles. The zero-order chi connectivity index (χ0) is 7.65. The van der Waals surface area contributed by atoms with E-state index in [2.05, 4.69) is 8.58 Å². The Hall–Kier alpha value is 0.408. The van der Waals surface area contributed by atoms with Crippen LogP contribution >= 0.6 is 0 Å². The maximum Gasteiger partial charge on any atom is 1.00 e. The average Bonchev–Trinajstić information content (AvgIpc) is 1.65. The quantitative estimate of drug-likeness (QED) is 0.294. The van der Waals surface area contributed by atoms with Gasteiger partial charge in [-0.15, -0.1) is 0 Å². The van der Waals surface area contributed by atoms with Gasteiger partial charge < -0.3 is 0 Å². The van der Waals surface area contributed by atoms with Crippen molar-refractivity contribution < 1.29 is 53.6 Å². The topological polar surface area (TPSA) is 138 Å². The summed E-state index contributed by atoms with van der Waals surface area (Å²) in [5.41, 5.74) is 0. The van der Waals surface area contributed by atoms with Gasteiger partial charge in [-0.3, -0.25) is 0 Å². The van der Waals surface area contributed by atoms with Gasteiger partial charge in [-0.25, -0.2) is 0 Å². The number of nitrogens with zero attached hydrogens (tertiary/aromatic N) is 2. The molecule has 0 spiro atoms. The Morgan fingerprint density at radius 2 is 1.30 bits per heavy atom. The van der Waals surface area contributed by atoms with Gasteiger partial charge >= 0.3 is 82.4 Å². The van der Waals surface area contributed by atoms with E-state index in [0.29, 0.717) is 0 Å². The summed E-state index contributed by atoms with van der Waals surface area (Å²) in [5, 5.41) is 19.3. The fourth-order valence-corrected chi connectivity index (χ4v) is 0.345. The van der Waals surface area contributed by atoms with Gasteiger partial charge in [0.15, 0.2) is 0 Å². The number of hydrogen-bond donors (Lipinski definition) is 2. The first kappa shape index (κ1) is 13.0. The average molecular weight is 342 g/mol. The first-order valence-electron chi connectivity index (χ1n) is 1.38.